The molecule has 43 heavy (non-hydrogen) atoms. The molecule has 2 aromatic heterocycles. The van der Waals surface area contributed by atoms with Crippen LogP contribution in [0.15, 0.2) is 60.5 Å². The minimum Gasteiger partial charge on any atom is -0.512 e. The van der Waals surface area contributed by atoms with Crippen molar-refractivity contribution >= 4 is 27.5 Å². The van der Waals surface area contributed by atoms with E-state index in [-0.39, 0.29) is 48.9 Å². The average molecular weight is 756 g/mol. The Morgan fingerprint density at radius 1 is 1.00 bits per heavy atom. The number of allylic oxidation sites excluding steroid dienone is 2. The summed E-state index contributed by atoms with van der Waals surface area (Å²) in [5, 5.41) is 13.5. The third-order valence-corrected chi connectivity index (χ3v) is 8.86. The molecule has 4 nitrogen and oxygen atoms in total. The van der Waals surface area contributed by atoms with Gasteiger partial charge in [-0.05, 0) is 72.2 Å². The first-order chi connectivity index (χ1) is 20.1. The SMILES string of the molecule is CC(C)Cc1cc2c3c(nccc3n1)-c1[c-]cc3ccccc3c1C2(C)C.CCC(CC)C(=O)/C=C(\O)C(CC)CC.[Ir]. The molecule has 0 unspecified atom stereocenters. The molecule has 1 aliphatic rings. The van der Waals surface area contributed by atoms with Gasteiger partial charge in [-0.15, -0.1) is 23.3 Å². The van der Waals surface area contributed by atoms with Crippen molar-refractivity contribution in [3.63, 3.8) is 0 Å². The largest absolute Gasteiger partial charge is 0.512 e. The monoisotopic (exact) mass is 756 g/mol. The van der Waals surface area contributed by atoms with Crippen molar-refractivity contribution in [2.24, 2.45) is 17.8 Å². The van der Waals surface area contributed by atoms with Crippen molar-refractivity contribution in [2.45, 2.75) is 92.9 Å². The Balaban J connectivity index is 0.000000274. The second-order valence-corrected chi connectivity index (χ2v) is 12.6. The number of ketones is 1. The number of aromatic nitrogens is 2. The van der Waals surface area contributed by atoms with E-state index in [9.17, 15) is 9.90 Å². The zero-order valence-corrected chi connectivity index (χ0v) is 29.4. The van der Waals surface area contributed by atoms with Crippen LogP contribution in [0, 0.1) is 23.8 Å². The van der Waals surface area contributed by atoms with Crippen molar-refractivity contribution in [3.8, 4) is 11.3 Å². The summed E-state index contributed by atoms with van der Waals surface area (Å²) >= 11 is 0. The molecule has 0 aliphatic heterocycles. The molecule has 0 atom stereocenters. The van der Waals surface area contributed by atoms with Gasteiger partial charge in [-0.2, -0.15) is 0 Å². The van der Waals surface area contributed by atoms with Crippen LogP contribution in [0.5, 0.6) is 0 Å². The van der Waals surface area contributed by atoms with Gasteiger partial charge in [0.2, 0.25) is 0 Å². The summed E-state index contributed by atoms with van der Waals surface area (Å²) in [4.78, 5) is 21.5. The number of benzene rings is 2. The molecule has 0 saturated carbocycles. The van der Waals surface area contributed by atoms with Crippen molar-refractivity contribution < 1.29 is 30.0 Å². The van der Waals surface area contributed by atoms with E-state index in [4.69, 9.17) is 9.97 Å². The molecule has 0 amide bonds. The Labute approximate surface area is 271 Å². The van der Waals surface area contributed by atoms with E-state index in [0.29, 0.717) is 5.92 Å². The summed E-state index contributed by atoms with van der Waals surface area (Å²) in [5.74, 6) is 1.13. The third-order valence-electron chi connectivity index (χ3n) is 8.86. The quantitative estimate of drug-likeness (QED) is 0.105. The second-order valence-electron chi connectivity index (χ2n) is 12.6. The number of carbonyl (C=O) groups is 1. The zero-order valence-electron chi connectivity index (χ0n) is 27.0. The van der Waals surface area contributed by atoms with Crippen LogP contribution < -0.4 is 0 Å². The van der Waals surface area contributed by atoms with Crippen molar-refractivity contribution in [2.75, 3.05) is 0 Å². The smallest absolute Gasteiger partial charge is 0.162 e. The fourth-order valence-electron chi connectivity index (χ4n) is 6.40. The molecular formula is C38H47IrN2O2-. The fourth-order valence-corrected chi connectivity index (χ4v) is 6.40. The van der Waals surface area contributed by atoms with Gasteiger partial charge >= 0.3 is 0 Å². The Kier molecular flexibility index (Phi) is 11.9. The first kappa shape index (κ1) is 34.6. The second kappa shape index (κ2) is 14.7. The molecule has 2 aromatic carbocycles. The van der Waals surface area contributed by atoms with E-state index in [1.54, 1.807) is 0 Å². The van der Waals surface area contributed by atoms with Crippen molar-refractivity contribution in [3.05, 3.63) is 83.4 Å². The molecule has 4 aromatic rings. The molecule has 0 spiro atoms. The van der Waals surface area contributed by atoms with Gasteiger partial charge in [0.1, 0.15) is 0 Å². The van der Waals surface area contributed by atoms with Gasteiger partial charge in [-0.3, -0.25) is 9.78 Å². The number of nitrogens with zero attached hydrogens (tertiary/aromatic N) is 2. The van der Waals surface area contributed by atoms with Crippen LogP contribution in [0.1, 0.15) is 97.9 Å². The molecule has 1 aliphatic carbocycles. The number of fused-ring (bicyclic) bond motifs is 4. The predicted molar refractivity (Wildman–Crippen MR) is 176 cm³/mol. The maximum absolute atomic E-state index is 11.7. The Bertz CT molecular complexity index is 1600. The molecule has 5 heteroatoms. The summed E-state index contributed by atoms with van der Waals surface area (Å²) in [7, 11) is 0. The number of rotatable bonds is 9. The van der Waals surface area contributed by atoms with Crippen LogP contribution in [0.25, 0.3) is 32.9 Å². The van der Waals surface area contributed by atoms with Crippen molar-refractivity contribution in [1.82, 2.24) is 9.97 Å². The number of carbonyl (C=O) groups excluding carboxylic acids is 1. The fraction of sp³-hybridized carbons (Fsp3) is 0.447. The molecule has 1 radical (unpaired) electrons. The summed E-state index contributed by atoms with van der Waals surface area (Å²) in [6, 6.07) is 18.6. The van der Waals surface area contributed by atoms with Gasteiger partial charge in [0, 0.05) is 49.9 Å². The summed E-state index contributed by atoms with van der Waals surface area (Å²) in [6.45, 7) is 17.2. The van der Waals surface area contributed by atoms with Gasteiger partial charge in [0.25, 0.3) is 0 Å². The van der Waals surface area contributed by atoms with Gasteiger partial charge in [0.05, 0.1) is 11.3 Å². The Hall–Kier alpha value is -2.88. The van der Waals surface area contributed by atoms with Gasteiger partial charge in [-0.25, -0.2) is 0 Å². The van der Waals surface area contributed by atoms with Gasteiger partial charge in [-0.1, -0.05) is 90.4 Å². The van der Waals surface area contributed by atoms with Crippen molar-refractivity contribution in [1.29, 1.82) is 0 Å². The number of hydrogen-bond acceptors (Lipinski definition) is 4. The summed E-state index contributed by atoms with van der Waals surface area (Å²) < 4.78 is 0. The average Bonchev–Trinajstić information content (AvgIpc) is 2.96. The molecule has 1 N–H and O–H groups in total. The molecule has 5 rings (SSSR count). The molecule has 231 valence electrons. The maximum Gasteiger partial charge on any atom is 0.162 e. The minimum absolute atomic E-state index is 0. The Morgan fingerprint density at radius 2 is 1.65 bits per heavy atom. The normalized spacial score (nSPS) is 13.6. The van der Waals surface area contributed by atoms with E-state index in [1.807, 2.05) is 40.0 Å². The van der Waals surface area contributed by atoms with Crippen LogP contribution in [0.2, 0.25) is 0 Å². The number of pyridine rings is 2. The van der Waals surface area contributed by atoms with Crippen LogP contribution in [-0.2, 0) is 36.7 Å². The molecule has 0 bridgehead atoms. The van der Waals surface area contributed by atoms with Gasteiger partial charge in [0.15, 0.2) is 5.78 Å². The molecular weight excluding hydrogens is 709 g/mol. The van der Waals surface area contributed by atoms with Crippen LogP contribution in [0.3, 0.4) is 0 Å². The van der Waals surface area contributed by atoms with E-state index in [2.05, 4.69) is 70.2 Å². The predicted octanol–water partition coefficient (Wildman–Crippen LogP) is 9.96. The van der Waals surface area contributed by atoms with Crippen LogP contribution in [-0.4, -0.2) is 20.9 Å². The van der Waals surface area contributed by atoms with E-state index < -0.39 is 0 Å². The minimum atomic E-state index is -0.129. The number of aliphatic hydroxyl groups is 1. The maximum atomic E-state index is 11.7. The van der Waals surface area contributed by atoms with Crippen LogP contribution in [0.4, 0.5) is 0 Å². The molecule has 0 fully saturated rings. The first-order valence-corrected chi connectivity index (χ1v) is 15.7. The topological polar surface area (TPSA) is 63.1 Å². The summed E-state index contributed by atoms with van der Waals surface area (Å²) in [6.07, 6.45) is 7.79. The Morgan fingerprint density at radius 3 is 2.28 bits per heavy atom. The standard InChI is InChI=1S/C25H23N2.C13H24O2.Ir/c1-15(2)13-17-14-20-22-21(27-17)11-12-26-24(22)19-10-9-16-7-5-6-8-18(16)23(19)25(20,3)4;1-5-10(6-2)12(14)9-13(15)11(7-3)8-4;/h5-9,11-12,14-15H,13H2,1-4H3;9-11,14H,5-8H2,1-4H3;/q-1;;/b;12-9-;. The zero-order chi connectivity index (χ0) is 30.6. The van der Waals surface area contributed by atoms with E-state index in [1.165, 1.54) is 39.1 Å². The summed E-state index contributed by atoms with van der Waals surface area (Å²) in [5.41, 5.74) is 6.90. The van der Waals surface area contributed by atoms with Gasteiger partial charge < -0.3 is 10.1 Å². The number of hydrogen-bond donors (Lipinski definition) is 1. The molecule has 0 saturated heterocycles. The van der Waals surface area contributed by atoms with E-state index in [0.717, 1.165) is 48.9 Å². The third kappa shape index (κ3) is 7.10. The van der Waals surface area contributed by atoms with E-state index >= 15 is 0 Å². The van der Waals surface area contributed by atoms with Crippen LogP contribution >= 0.6 is 0 Å². The first-order valence-electron chi connectivity index (χ1n) is 15.7. The number of aliphatic hydroxyl groups excluding tert-OH is 1. The molecule has 2 heterocycles.